The van der Waals surface area contributed by atoms with Crippen LogP contribution in [0.1, 0.15) is 46.0 Å². The molecule has 0 aromatic heterocycles. The Morgan fingerprint density at radius 2 is 1.88 bits per heavy atom. The van der Waals surface area contributed by atoms with E-state index in [4.69, 9.17) is 0 Å². The van der Waals surface area contributed by atoms with E-state index in [0.29, 0.717) is 0 Å². The molecule has 1 saturated heterocycles. The van der Waals surface area contributed by atoms with Crippen molar-refractivity contribution in [3.63, 3.8) is 0 Å². The van der Waals surface area contributed by atoms with Gasteiger partial charge in [0.15, 0.2) is 0 Å². The highest BCUT2D eigenvalue weighted by Gasteiger charge is 2.28. The first kappa shape index (κ1) is 12.4. The van der Waals surface area contributed by atoms with Gasteiger partial charge in [-0.15, -0.1) is 0 Å². The Morgan fingerprint density at radius 1 is 1.06 bits per heavy atom. The molecule has 3 unspecified atom stereocenters. The van der Waals surface area contributed by atoms with E-state index in [1.165, 1.54) is 58.3 Å². The monoisotopic (exact) mass is 224 g/mol. The first-order chi connectivity index (χ1) is 7.77. The van der Waals surface area contributed by atoms with E-state index < -0.39 is 0 Å². The second kappa shape index (κ2) is 6.02. The summed E-state index contributed by atoms with van der Waals surface area (Å²) >= 11 is 0. The normalized spacial score (nSPS) is 39.0. The summed E-state index contributed by atoms with van der Waals surface area (Å²) in [5.74, 6) is 1.74. The molecule has 3 atom stereocenters. The second-order valence-corrected chi connectivity index (χ2v) is 5.99. The van der Waals surface area contributed by atoms with Gasteiger partial charge < -0.3 is 5.32 Å². The molecule has 1 aliphatic heterocycles. The SMILES string of the molecule is CC1CNCCCN(C2CCCCC2C)C1. The summed E-state index contributed by atoms with van der Waals surface area (Å²) in [4.78, 5) is 2.80. The van der Waals surface area contributed by atoms with Crippen molar-refractivity contribution in [1.29, 1.82) is 0 Å². The predicted octanol–water partition coefficient (Wildman–Crippen LogP) is 2.50. The van der Waals surface area contributed by atoms with Crippen LogP contribution < -0.4 is 5.32 Å². The molecule has 2 aliphatic rings. The lowest BCUT2D eigenvalue weighted by atomic mass is 9.84. The maximum absolute atomic E-state index is 3.55. The fourth-order valence-electron chi connectivity index (χ4n) is 3.45. The number of hydrogen-bond acceptors (Lipinski definition) is 2. The zero-order valence-electron chi connectivity index (χ0n) is 11.0. The van der Waals surface area contributed by atoms with E-state index in [2.05, 4.69) is 24.1 Å². The van der Waals surface area contributed by atoms with Crippen molar-refractivity contribution in [3.05, 3.63) is 0 Å². The van der Waals surface area contributed by atoms with Crippen LogP contribution in [-0.2, 0) is 0 Å². The lowest BCUT2D eigenvalue weighted by Crippen LogP contribution is -2.47. The Bertz CT molecular complexity index is 205. The Hall–Kier alpha value is -0.0800. The molecule has 1 heterocycles. The van der Waals surface area contributed by atoms with Crippen molar-refractivity contribution < 1.29 is 0 Å². The third kappa shape index (κ3) is 3.21. The fourth-order valence-corrected chi connectivity index (χ4v) is 3.45. The van der Waals surface area contributed by atoms with Crippen LogP contribution in [0.4, 0.5) is 0 Å². The number of nitrogens with zero attached hydrogens (tertiary/aromatic N) is 1. The van der Waals surface area contributed by atoms with Gasteiger partial charge in [-0.25, -0.2) is 0 Å². The van der Waals surface area contributed by atoms with Crippen LogP contribution in [0.3, 0.4) is 0 Å². The minimum Gasteiger partial charge on any atom is -0.316 e. The van der Waals surface area contributed by atoms with Gasteiger partial charge in [-0.05, 0) is 50.7 Å². The minimum atomic E-state index is 0.814. The molecule has 0 spiro atoms. The van der Waals surface area contributed by atoms with E-state index in [1.54, 1.807) is 0 Å². The molecule has 1 aliphatic carbocycles. The summed E-state index contributed by atoms with van der Waals surface area (Å²) in [5, 5.41) is 3.55. The van der Waals surface area contributed by atoms with Gasteiger partial charge in [0.25, 0.3) is 0 Å². The number of nitrogens with one attached hydrogen (secondary N) is 1. The smallest absolute Gasteiger partial charge is 0.0121 e. The van der Waals surface area contributed by atoms with Crippen molar-refractivity contribution in [1.82, 2.24) is 10.2 Å². The molecule has 0 aromatic rings. The zero-order valence-corrected chi connectivity index (χ0v) is 11.0. The summed E-state index contributed by atoms with van der Waals surface area (Å²) in [7, 11) is 0. The summed E-state index contributed by atoms with van der Waals surface area (Å²) in [6, 6.07) is 0.884. The summed E-state index contributed by atoms with van der Waals surface area (Å²) in [6.07, 6.45) is 7.14. The van der Waals surface area contributed by atoms with Crippen LogP contribution in [-0.4, -0.2) is 37.1 Å². The molecular formula is C14H28N2. The van der Waals surface area contributed by atoms with Gasteiger partial charge in [0, 0.05) is 12.6 Å². The van der Waals surface area contributed by atoms with E-state index >= 15 is 0 Å². The third-order valence-electron chi connectivity index (χ3n) is 4.37. The Kier molecular flexibility index (Phi) is 4.66. The van der Waals surface area contributed by atoms with E-state index in [-0.39, 0.29) is 0 Å². The molecule has 2 nitrogen and oxygen atoms in total. The van der Waals surface area contributed by atoms with Crippen LogP contribution in [0.25, 0.3) is 0 Å². The van der Waals surface area contributed by atoms with Crippen LogP contribution in [0.5, 0.6) is 0 Å². The van der Waals surface area contributed by atoms with Gasteiger partial charge in [0.1, 0.15) is 0 Å². The Balaban J connectivity index is 1.93. The van der Waals surface area contributed by atoms with Crippen molar-refractivity contribution in [3.8, 4) is 0 Å². The first-order valence-electron chi connectivity index (χ1n) is 7.22. The molecule has 1 N–H and O–H groups in total. The quantitative estimate of drug-likeness (QED) is 0.736. The number of hydrogen-bond donors (Lipinski definition) is 1. The molecule has 2 rings (SSSR count). The largest absolute Gasteiger partial charge is 0.316 e. The average Bonchev–Trinajstić information content (AvgIpc) is 2.24. The zero-order chi connectivity index (χ0) is 11.4. The molecule has 2 fully saturated rings. The third-order valence-corrected chi connectivity index (χ3v) is 4.37. The Labute approximate surface area is 101 Å². The molecule has 0 aromatic carbocycles. The summed E-state index contributed by atoms with van der Waals surface area (Å²) < 4.78 is 0. The van der Waals surface area contributed by atoms with Crippen LogP contribution in [0, 0.1) is 11.8 Å². The van der Waals surface area contributed by atoms with Crippen LogP contribution in [0.2, 0.25) is 0 Å². The van der Waals surface area contributed by atoms with E-state index in [0.717, 1.165) is 17.9 Å². The van der Waals surface area contributed by atoms with Crippen LogP contribution in [0.15, 0.2) is 0 Å². The standard InChI is InChI=1S/C14H28N2/c1-12-10-15-8-5-9-16(11-12)14-7-4-3-6-13(14)2/h12-15H,3-11H2,1-2H3. The Morgan fingerprint density at radius 3 is 2.69 bits per heavy atom. The molecule has 0 bridgehead atoms. The minimum absolute atomic E-state index is 0.814. The molecule has 2 heteroatoms. The highest BCUT2D eigenvalue weighted by Crippen LogP contribution is 2.28. The fraction of sp³-hybridized carbons (Fsp3) is 1.00. The van der Waals surface area contributed by atoms with Gasteiger partial charge in [-0.2, -0.15) is 0 Å². The van der Waals surface area contributed by atoms with E-state index in [9.17, 15) is 0 Å². The predicted molar refractivity (Wildman–Crippen MR) is 69.6 cm³/mol. The maximum atomic E-state index is 3.55. The van der Waals surface area contributed by atoms with Crippen molar-refractivity contribution >= 4 is 0 Å². The highest BCUT2D eigenvalue weighted by molar-refractivity contribution is 4.83. The second-order valence-electron chi connectivity index (χ2n) is 5.99. The lowest BCUT2D eigenvalue weighted by Gasteiger charge is -2.41. The molecule has 94 valence electrons. The molecule has 16 heavy (non-hydrogen) atoms. The highest BCUT2D eigenvalue weighted by atomic mass is 15.2. The van der Waals surface area contributed by atoms with Crippen molar-refractivity contribution in [2.45, 2.75) is 52.0 Å². The van der Waals surface area contributed by atoms with Gasteiger partial charge in [0.05, 0.1) is 0 Å². The van der Waals surface area contributed by atoms with Gasteiger partial charge >= 0.3 is 0 Å². The molecule has 0 radical (unpaired) electrons. The maximum Gasteiger partial charge on any atom is 0.0121 e. The van der Waals surface area contributed by atoms with E-state index in [1.807, 2.05) is 0 Å². The van der Waals surface area contributed by atoms with Crippen molar-refractivity contribution in [2.75, 3.05) is 26.2 Å². The first-order valence-corrected chi connectivity index (χ1v) is 7.22. The number of rotatable bonds is 1. The molecule has 0 amide bonds. The van der Waals surface area contributed by atoms with Gasteiger partial charge in [0.2, 0.25) is 0 Å². The summed E-state index contributed by atoms with van der Waals surface area (Å²) in [6.45, 7) is 9.89. The van der Waals surface area contributed by atoms with Gasteiger partial charge in [-0.1, -0.05) is 26.7 Å². The van der Waals surface area contributed by atoms with Crippen molar-refractivity contribution in [2.24, 2.45) is 11.8 Å². The topological polar surface area (TPSA) is 15.3 Å². The lowest BCUT2D eigenvalue weighted by molar-refractivity contribution is 0.0897. The summed E-state index contributed by atoms with van der Waals surface area (Å²) in [5.41, 5.74) is 0. The molecule has 1 saturated carbocycles. The van der Waals surface area contributed by atoms with Crippen LogP contribution >= 0.6 is 0 Å². The van der Waals surface area contributed by atoms with Gasteiger partial charge in [-0.3, -0.25) is 4.90 Å². The average molecular weight is 224 g/mol. The molecular weight excluding hydrogens is 196 g/mol.